The Bertz CT molecular complexity index is 283. The summed E-state index contributed by atoms with van der Waals surface area (Å²) in [7, 11) is 0. The Hall–Kier alpha value is -1.05. The van der Waals surface area contributed by atoms with E-state index in [1.54, 1.807) is 0 Å². The monoisotopic (exact) mass is 163 g/mol. The van der Waals surface area contributed by atoms with Gasteiger partial charge in [-0.25, -0.2) is 0 Å². The molecule has 0 aliphatic heterocycles. The molecular formula is C10H13NO. The van der Waals surface area contributed by atoms with Crippen molar-refractivity contribution in [2.45, 2.75) is 26.2 Å². The SMILES string of the molecule is CCOc1ccnc2c1CCC2. The van der Waals surface area contributed by atoms with E-state index in [2.05, 4.69) is 4.98 Å². The van der Waals surface area contributed by atoms with E-state index >= 15 is 0 Å². The van der Waals surface area contributed by atoms with Crippen molar-refractivity contribution in [1.29, 1.82) is 0 Å². The van der Waals surface area contributed by atoms with Gasteiger partial charge in [0.1, 0.15) is 5.75 Å². The number of aromatic nitrogens is 1. The Labute approximate surface area is 72.6 Å². The van der Waals surface area contributed by atoms with Gasteiger partial charge in [-0.3, -0.25) is 4.98 Å². The predicted octanol–water partition coefficient (Wildman–Crippen LogP) is 1.97. The molecule has 0 spiro atoms. The highest BCUT2D eigenvalue weighted by molar-refractivity contribution is 5.38. The van der Waals surface area contributed by atoms with Crippen LogP contribution in [0, 0.1) is 0 Å². The Morgan fingerprint density at radius 2 is 2.42 bits per heavy atom. The smallest absolute Gasteiger partial charge is 0.125 e. The molecule has 12 heavy (non-hydrogen) atoms. The first-order chi connectivity index (χ1) is 5.92. The van der Waals surface area contributed by atoms with Crippen molar-refractivity contribution >= 4 is 0 Å². The van der Waals surface area contributed by atoms with E-state index in [1.807, 2.05) is 19.2 Å². The van der Waals surface area contributed by atoms with Crippen LogP contribution in [0.2, 0.25) is 0 Å². The van der Waals surface area contributed by atoms with Crippen molar-refractivity contribution in [3.05, 3.63) is 23.5 Å². The molecule has 2 nitrogen and oxygen atoms in total. The van der Waals surface area contributed by atoms with Crippen LogP contribution in [0.15, 0.2) is 12.3 Å². The third kappa shape index (κ3) is 1.17. The first-order valence-electron chi connectivity index (χ1n) is 4.51. The number of pyridine rings is 1. The van der Waals surface area contributed by atoms with Crippen molar-refractivity contribution in [2.24, 2.45) is 0 Å². The van der Waals surface area contributed by atoms with Gasteiger partial charge in [0.25, 0.3) is 0 Å². The molecule has 0 aromatic carbocycles. The minimum atomic E-state index is 0.746. The lowest BCUT2D eigenvalue weighted by Gasteiger charge is -2.07. The van der Waals surface area contributed by atoms with E-state index in [9.17, 15) is 0 Å². The number of fused-ring (bicyclic) bond motifs is 1. The summed E-state index contributed by atoms with van der Waals surface area (Å²) in [5.41, 5.74) is 2.57. The Kier molecular flexibility index (Phi) is 1.98. The van der Waals surface area contributed by atoms with Crippen LogP contribution < -0.4 is 4.74 Å². The van der Waals surface area contributed by atoms with Gasteiger partial charge in [0.05, 0.1) is 6.61 Å². The fourth-order valence-electron chi connectivity index (χ4n) is 1.72. The number of rotatable bonds is 2. The van der Waals surface area contributed by atoms with Gasteiger partial charge in [-0.05, 0) is 32.3 Å². The van der Waals surface area contributed by atoms with Crippen LogP contribution in [0.1, 0.15) is 24.6 Å². The van der Waals surface area contributed by atoms with E-state index in [1.165, 1.54) is 17.7 Å². The largest absolute Gasteiger partial charge is 0.493 e. The van der Waals surface area contributed by atoms with E-state index in [0.29, 0.717) is 0 Å². The topological polar surface area (TPSA) is 22.1 Å². The minimum Gasteiger partial charge on any atom is -0.493 e. The van der Waals surface area contributed by atoms with E-state index in [-0.39, 0.29) is 0 Å². The zero-order valence-electron chi connectivity index (χ0n) is 7.34. The second kappa shape index (κ2) is 3.13. The lowest BCUT2D eigenvalue weighted by Crippen LogP contribution is -1.97. The molecule has 1 heterocycles. The second-order valence-electron chi connectivity index (χ2n) is 3.02. The van der Waals surface area contributed by atoms with Crippen LogP contribution in [0.25, 0.3) is 0 Å². The van der Waals surface area contributed by atoms with Gasteiger partial charge in [-0.15, -0.1) is 0 Å². The quantitative estimate of drug-likeness (QED) is 0.665. The van der Waals surface area contributed by atoms with Gasteiger partial charge in [0.15, 0.2) is 0 Å². The van der Waals surface area contributed by atoms with Crippen LogP contribution >= 0.6 is 0 Å². The summed E-state index contributed by atoms with van der Waals surface area (Å²) in [5.74, 6) is 1.04. The summed E-state index contributed by atoms with van der Waals surface area (Å²) in [5, 5.41) is 0. The molecule has 0 radical (unpaired) electrons. The van der Waals surface area contributed by atoms with Crippen LogP contribution in [0.4, 0.5) is 0 Å². The highest BCUT2D eigenvalue weighted by atomic mass is 16.5. The maximum atomic E-state index is 5.51. The number of aryl methyl sites for hydroxylation is 1. The zero-order valence-corrected chi connectivity index (χ0v) is 7.34. The summed E-state index contributed by atoms with van der Waals surface area (Å²) in [6, 6.07) is 1.97. The number of hydrogen-bond donors (Lipinski definition) is 0. The molecule has 2 rings (SSSR count). The van der Waals surface area contributed by atoms with Crippen LogP contribution in [0.5, 0.6) is 5.75 Å². The van der Waals surface area contributed by atoms with Crippen molar-refractivity contribution in [1.82, 2.24) is 4.98 Å². The molecular weight excluding hydrogens is 150 g/mol. The zero-order chi connectivity index (χ0) is 8.39. The predicted molar refractivity (Wildman–Crippen MR) is 47.4 cm³/mol. The third-order valence-electron chi connectivity index (χ3n) is 2.24. The van der Waals surface area contributed by atoms with E-state index < -0.39 is 0 Å². The van der Waals surface area contributed by atoms with Gasteiger partial charge < -0.3 is 4.74 Å². The van der Waals surface area contributed by atoms with Gasteiger partial charge in [0.2, 0.25) is 0 Å². The van der Waals surface area contributed by atoms with Gasteiger partial charge in [-0.2, -0.15) is 0 Å². The molecule has 0 bridgehead atoms. The summed E-state index contributed by atoms with van der Waals surface area (Å²) in [4.78, 5) is 4.32. The van der Waals surface area contributed by atoms with Crippen molar-refractivity contribution < 1.29 is 4.74 Å². The minimum absolute atomic E-state index is 0.746. The molecule has 0 unspecified atom stereocenters. The number of ether oxygens (including phenoxy) is 1. The molecule has 0 saturated heterocycles. The van der Waals surface area contributed by atoms with Gasteiger partial charge in [0, 0.05) is 17.5 Å². The molecule has 0 saturated carbocycles. The lowest BCUT2D eigenvalue weighted by atomic mass is 10.2. The molecule has 64 valence electrons. The standard InChI is InChI=1S/C10H13NO/c1-2-12-10-6-7-11-9-5-3-4-8(9)10/h6-7H,2-5H2,1H3. The van der Waals surface area contributed by atoms with Gasteiger partial charge >= 0.3 is 0 Å². The molecule has 1 aromatic rings. The van der Waals surface area contributed by atoms with Crippen molar-refractivity contribution in [3.8, 4) is 5.75 Å². The Balaban J connectivity index is 2.36. The maximum Gasteiger partial charge on any atom is 0.125 e. The number of hydrogen-bond acceptors (Lipinski definition) is 2. The third-order valence-corrected chi connectivity index (χ3v) is 2.24. The van der Waals surface area contributed by atoms with E-state index in [4.69, 9.17) is 4.74 Å². The first-order valence-corrected chi connectivity index (χ1v) is 4.51. The average molecular weight is 163 g/mol. The summed E-state index contributed by atoms with van der Waals surface area (Å²) in [6.45, 7) is 2.76. The fraction of sp³-hybridized carbons (Fsp3) is 0.500. The summed E-state index contributed by atoms with van der Waals surface area (Å²) >= 11 is 0. The molecule has 0 N–H and O–H groups in total. The fourth-order valence-corrected chi connectivity index (χ4v) is 1.72. The van der Waals surface area contributed by atoms with Crippen molar-refractivity contribution in [3.63, 3.8) is 0 Å². The summed E-state index contributed by atoms with van der Waals surface area (Å²) in [6.07, 6.45) is 5.33. The average Bonchev–Trinajstić information content (AvgIpc) is 2.53. The molecule has 1 aliphatic carbocycles. The van der Waals surface area contributed by atoms with Gasteiger partial charge in [-0.1, -0.05) is 0 Å². The highest BCUT2D eigenvalue weighted by Crippen LogP contribution is 2.28. The summed E-state index contributed by atoms with van der Waals surface area (Å²) < 4.78 is 5.51. The molecule has 0 amide bonds. The number of nitrogens with zero attached hydrogens (tertiary/aromatic N) is 1. The lowest BCUT2D eigenvalue weighted by molar-refractivity contribution is 0.336. The maximum absolute atomic E-state index is 5.51. The molecule has 0 fully saturated rings. The van der Waals surface area contributed by atoms with Crippen LogP contribution in [-0.4, -0.2) is 11.6 Å². The van der Waals surface area contributed by atoms with Crippen LogP contribution in [0.3, 0.4) is 0 Å². The molecule has 1 aliphatic rings. The van der Waals surface area contributed by atoms with E-state index in [0.717, 1.165) is 25.2 Å². The normalized spacial score (nSPS) is 14.4. The van der Waals surface area contributed by atoms with Crippen LogP contribution in [-0.2, 0) is 12.8 Å². The molecule has 1 aromatic heterocycles. The molecule has 0 atom stereocenters. The molecule has 2 heteroatoms. The Morgan fingerprint density at radius 1 is 1.50 bits per heavy atom. The second-order valence-corrected chi connectivity index (χ2v) is 3.02. The first kappa shape index (κ1) is 7.59. The Morgan fingerprint density at radius 3 is 3.25 bits per heavy atom. The van der Waals surface area contributed by atoms with Crippen molar-refractivity contribution in [2.75, 3.05) is 6.61 Å². The highest BCUT2D eigenvalue weighted by Gasteiger charge is 2.15.